The van der Waals surface area contributed by atoms with Crippen LogP contribution < -0.4 is 0 Å². The van der Waals surface area contributed by atoms with Crippen molar-refractivity contribution in [3.05, 3.63) is 35.8 Å². The molecule has 0 N–H and O–H groups in total. The number of pyridine rings is 1. The fourth-order valence-corrected chi connectivity index (χ4v) is 3.31. The van der Waals surface area contributed by atoms with Crippen LogP contribution in [0.2, 0.25) is 0 Å². The summed E-state index contributed by atoms with van der Waals surface area (Å²) >= 11 is 0. The van der Waals surface area contributed by atoms with Crippen LogP contribution in [0.25, 0.3) is 11.3 Å². The molecule has 0 aromatic carbocycles. The molecule has 0 spiro atoms. The molecule has 1 aliphatic rings. The smallest absolute Gasteiger partial charge is 0.306 e. The molecular formula is C18H23F3N4. The Morgan fingerprint density at radius 3 is 2.40 bits per heavy atom. The fraction of sp³-hybridized carbons (Fsp3) is 0.556. The second-order valence-electron chi connectivity index (χ2n) is 7.03. The minimum Gasteiger partial charge on any atom is -0.306 e. The SMILES string of the molecule is CC(C)n1nc(-c2cncc(C(F)(F)F)c2)cc1C1CCN(C)CC1. The van der Waals surface area contributed by atoms with Gasteiger partial charge in [-0.25, -0.2) is 0 Å². The van der Waals surface area contributed by atoms with E-state index in [-0.39, 0.29) is 6.04 Å². The van der Waals surface area contributed by atoms with Crippen LogP contribution >= 0.6 is 0 Å². The van der Waals surface area contributed by atoms with Gasteiger partial charge in [0.1, 0.15) is 0 Å². The summed E-state index contributed by atoms with van der Waals surface area (Å²) in [5, 5.41) is 4.59. The molecule has 0 unspecified atom stereocenters. The summed E-state index contributed by atoms with van der Waals surface area (Å²) in [6.45, 7) is 6.13. The highest BCUT2D eigenvalue weighted by Crippen LogP contribution is 2.34. The molecule has 1 saturated heterocycles. The molecule has 2 aromatic rings. The van der Waals surface area contributed by atoms with Crippen LogP contribution in [0.1, 0.15) is 49.9 Å². The molecule has 25 heavy (non-hydrogen) atoms. The van der Waals surface area contributed by atoms with Crippen molar-refractivity contribution in [3.8, 4) is 11.3 Å². The molecular weight excluding hydrogens is 329 g/mol. The monoisotopic (exact) mass is 352 g/mol. The van der Waals surface area contributed by atoms with Crippen LogP contribution in [0.3, 0.4) is 0 Å². The van der Waals surface area contributed by atoms with Crippen molar-refractivity contribution in [3.63, 3.8) is 0 Å². The number of nitrogens with zero attached hydrogens (tertiary/aromatic N) is 4. The van der Waals surface area contributed by atoms with Gasteiger partial charge in [0, 0.05) is 35.6 Å². The van der Waals surface area contributed by atoms with Crippen molar-refractivity contribution in [1.82, 2.24) is 19.7 Å². The third-order valence-corrected chi connectivity index (χ3v) is 4.75. The number of hydrogen-bond donors (Lipinski definition) is 0. The number of halogens is 3. The standard InChI is InChI=1S/C18H23F3N4/c1-12(2)25-17(13-4-6-24(3)7-5-13)9-16(23-25)14-8-15(11-22-10-14)18(19,20)21/h8-13H,4-7H2,1-3H3. The highest BCUT2D eigenvalue weighted by molar-refractivity contribution is 5.59. The maximum absolute atomic E-state index is 13.0. The maximum Gasteiger partial charge on any atom is 0.417 e. The van der Waals surface area contributed by atoms with E-state index in [0.29, 0.717) is 17.2 Å². The first kappa shape index (κ1) is 17.9. The van der Waals surface area contributed by atoms with Crippen molar-refractivity contribution in [1.29, 1.82) is 0 Å². The molecule has 7 heteroatoms. The molecule has 1 fully saturated rings. The molecule has 1 aliphatic heterocycles. The Bertz CT molecular complexity index is 728. The van der Waals surface area contributed by atoms with Gasteiger partial charge in [-0.3, -0.25) is 9.67 Å². The van der Waals surface area contributed by atoms with E-state index in [1.807, 2.05) is 24.6 Å². The maximum atomic E-state index is 13.0. The summed E-state index contributed by atoms with van der Waals surface area (Å²) in [5.41, 5.74) is 1.32. The zero-order valence-corrected chi connectivity index (χ0v) is 14.7. The van der Waals surface area contributed by atoms with Crippen molar-refractivity contribution in [2.45, 2.75) is 44.8 Å². The summed E-state index contributed by atoms with van der Waals surface area (Å²) < 4.78 is 40.8. The van der Waals surface area contributed by atoms with Crippen molar-refractivity contribution >= 4 is 0 Å². The number of likely N-dealkylation sites (tertiary alicyclic amines) is 1. The van der Waals surface area contributed by atoms with Crippen molar-refractivity contribution < 1.29 is 13.2 Å². The Balaban J connectivity index is 1.97. The van der Waals surface area contributed by atoms with Crippen LogP contribution in [-0.4, -0.2) is 39.8 Å². The van der Waals surface area contributed by atoms with Crippen LogP contribution in [-0.2, 0) is 6.18 Å². The summed E-state index contributed by atoms with van der Waals surface area (Å²) in [6.07, 6.45) is -0.0354. The molecule has 2 aromatic heterocycles. The number of aromatic nitrogens is 3. The van der Waals surface area contributed by atoms with Gasteiger partial charge in [0.05, 0.1) is 11.3 Å². The number of piperidine rings is 1. The first-order chi connectivity index (χ1) is 11.8. The minimum atomic E-state index is -4.40. The van der Waals surface area contributed by atoms with Gasteiger partial charge < -0.3 is 4.90 Å². The van der Waals surface area contributed by atoms with Crippen molar-refractivity contribution in [2.24, 2.45) is 0 Å². The number of alkyl halides is 3. The second kappa shape index (κ2) is 6.78. The van der Waals surface area contributed by atoms with Crippen molar-refractivity contribution in [2.75, 3.05) is 20.1 Å². The van der Waals surface area contributed by atoms with E-state index >= 15 is 0 Å². The molecule has 136 valence electrons. The Morgan fingerprint density at radius 1 is 1.12 bits per heavy atom. The average molecular weight is 352 g/mol. The second-order valence-corrected chi connectivity index (χ2v) is 7.03. The Morgan fingerprint density at radius 2 is 1.80 bits per heavy atom. The number of rotatable bonds is 3. The van der Waals surface area contributed by atoms with Gasteiger partial charge in [-0.1, -0.05) is 0 Å². The molecule has 0 bridgehead atoms. The van der Waals surface area contributed by atoms with Crippen LogP contribution in [0, 0.1) is 0 Å². The first-order valence-corrected chi connectivity index (χ1v) is 8.56. The summed E-state index contributed by atoms with van der Waals surface area (Å²) in [4.78, 5) is 6.05. The Hall–Kier alpha value is -1.89. The molecule has 0 amide bonds. The van der Waals surface area contributed by atoms with E-state index < -0.39 is 11.7 Å². The molecule has 3 rings (SSSR count). The van der Waals surface area contributed by atoms with Gasteiger partial charge in [-0.05, 0) is 59.0 Å². The van der Waals surface area contributed by atoms with Gasteiger partial charge in [-0.2, -0.15) is 18.3 Å². The van der Waals surface area contributed by atoms with E-state index in [1.165, 1.54) is 6.20 Å². The van der Waals surface area contributed by atoms with E-state index in [0.717, 1.165) is 43.9 Å². The largest absolute Gasteiger partial charge is 0.417 e. The fourth-order valence-electron chi connectivity index (χ4n) is 3.31. The third kappa shape index (κ3) is 3.86. The highest BCUT2D eigenvalue weighted by Gasteiger charge is 2.31. The van der Waals surface area contributed by atoms with E-state index in [9.17, 15) is 13.2 Å². The molecule has 0 radical (unpaired) electrons. The van der Waals surface area contributed by atoms with Gasteiger partial charge in [0.15, 0.2) is 0 Å². The predicted molar refractivity (Wildman–Crippen MR) is 90.3 cm³/mol. The number of hydrogen-bond acceptors (Lipinski definition) is 3. The summed E-state index contributed by atoms with van der Waals surface area (Å²) in [5.74, 6) is 0.388. The summed E-state index contributed by atoms with van der Waals surface area (Å²) in [7, 11) is 2.11. The Kier molecular flexibility index (Phi) is 4.86. The van der Waals surface area contributed by atoms with E-state index in [4.69, 9.17) is 0 Å². The molecule has 0 aliphatic carbocycles. The van der Waals surface area contributed by atoms with E-state index in [2.05, 4.69) is 22.0 Å². The Labute approximate surface area is 145 Å². The van der Waals surface area contributed by atoms with Crippen LogP contribution in [0.15, 0.2) is 24.5 Å². The van der Waals surface area contributed by atoms with Crippen LogP contribution in [0.4, 0.5) is 13.2 Å². The normalized spacial score (nSPS) is 17.4. The molecule has 4 nitrogen and oxygen atoms in total. The van der Waals surface area contributed by atoms with Gasteiger partial charge in [0.2, 0.25) is 0 Å². The lowest BCUT2D eigenvalue weighted by molar-refractivity contribution is -0.137. The topological polar surface area (TPSA) is 34.0 Å². The van der Waals surface area contributed by atoms with Gasteiger partial charge >= 0.3 is 6.18 Å². The molecule has 0 saturated carbocycles. The summed E-state index contributed by atoms with van der Waals surface area (Å²) in [6, 6.07) is 3.22. The lowest BCUT2D eigenvalue weighted by Crippen LogP contribution is -2.30. The third-order valence-electron chi connectivity index (χ3n) is 4.75. The van der Waals surface area contributed by atoms with Crippen LogP contribution in [0.5, 0.6) is 0 Å². The first-order valence-electron chi connectivity index (χ1n) is 8.56. The van der Waals surface area contributed by atoms with Gasteiger partial charge in [0.25, 0.3) is 0 Å². The highest BCUT2D eigenvalue weighted by atomic mass is 19.4. The van der Waals surface area contributed by atoms with Gasteiger partial charge in [-0.15, -0.1) is 0 Å². The lowest BCUT2D eigenvalue weighted by atomic mass is 9.93. The zero-order valence-electron chi connectivity index (χ0n) is 14.7. The lowest BCUT2D eigenvalue weighted by Gasteiger charge is -2.29. The van der Waals surface area contributed by atoms with E-state index in [1.54, 1.807) is 0 Å². The minimum absolute atomic E-state index is 0.155. The zero-order chi connectivity index (χ0) is 18.2. The quantitative estimate of drug-likeness (QED) is 0.823. The molecule has 3 heterocycles. The molecule has 0 atom stereocenters. The predicted octanol–water partition coefficient (Wildman–Crippen LogP) is 4.35. The average Bonchev–Trinajstić information content (AvgIpc) is 3.00.